The number of rotatable bonds is 4. The van der Waals surface area contributed by atoms with E-state index >= 15 is 0 Å². The minimum Gasteiger partial charge on any atom is -0.0987 e. The van der Waals surface area contributed by atoms with Crippen LogP contribution in [0.1, 0.15) is 45.4 Å². The largest absolute Gasteiger partial charge is 0.0987 e. The molecule has 0 aromatic carbocycles. The van der Waals surface area contributed by atoms with E-state index in [1.54, 1.807) is 0 Å². The van der Waals surface area contributed by atoms with E-state index in [2.05, 4.69) is 29.4 Å². The maximum absolute atomic E-state index is 4.12. The van der Waals surface area contributed by atoms with Crippen LogP contribution in [0.2, 0.25) is 0 Å². The molecule has 0 aliphatic heterocycles. The molecule has 1 saturated carbocycles. The quantitative estimate of drug-likeness (QED) is 0.503. The van der Waals surface area contributed by atoms with E-state index in [-0.39, 0.29) is 0 Å². The van der Waals surface area contributed by atoms with Gasteiger partial charge in [0, 0.05) is 5.33 Å². The molecular weight excluding hydrogens is 224 g/mol. The fraction of sp³-hybridized carbons (Fsp3) is 0.833. The monoisotopic (exact) mass is 244 g/mol. The Balaban J connectivity index is 2.26. The van der Waals surface area contributed by atoms with Gasteiger partial charge < -0.3 is 0 Å². The predicted octanol–water partition coefficient (Wildman–Crippen LogP) is 4.54. The predicted molar refractivity (Wildman–Crippen MR) is 63.3 cm³/mol. The topological polar surface area (TPSA) is 0 Å². The van der Waals surface area contributed by atoms with Crippen LogP contribution >= 0.6 is 15.9 Å². The first-order valence-electron chi connectivity index (χ1n) is 5.51. The van der Waals surface area contributed by atoms with E-state index < -0.39 is 0 Å². The van der Waals surface area contributed by atoms with Crippen LogP contribution in [0.15, 0.2) is 12.2 Å². The highest BCUT2D eigenvalue weighted by Crippen LogP contribution is 2.35. The van der Waals surface area contributed by atoms with Crippen molar-refractivity contribution in [3.63, 3.8) is 0 Å². The van der Waals surface area contributed by atoms with Gasteiger partial charge in [-0.15, -0.1) is 0 Å². The zero-order valence-electron chi connectivity index (χ0n) is 8.69. The second-order valence-corrected chi connectivity index (χ2v) is 4.86. The number of halogens is 1. The number of hydrogen-bond acceptors (Lipinski definition) is 0. The molecule has 0 aromatic heterocycles. The van der Waals surface area contributed by atoms with Gasteiger partial charge in [0.15, 0.2) is 0 Å². The van der Waals surface area contributed by atoms with Crippen LogP contribution in [0.5, 0.6) is 0 Å². The number of alkyl halides is 1. The minimum atomic E-state index is 0.812. The Morgan fingerprint density at radius 3 is 2.38 bits per heavy atom. The summed E-state index contributed by atoms with van der Waals surface area (Å²) in [6.45, 7) is 6.42. The van der Waals surface area contributed by atoms with E-state index in [9.17, 15) is 0 Å². The lowest BCUT2D eigenvalue weighted by Crippen LogP contribution is -2.16. The van der Waals surface area contributed by atoms with Crippen LogP contribution in [-0.4, -0.2) is 5.33 Å². The van der Waals surface area contributed by atoms with Crippen molar-refractivity contribution >= 4 is 15.9 Å². The Labute approximate surface area is 90.9 Å². The molecule has 0 atom stereocenters. The zero-order chi connectivity index (χ0) is 9.68. The molecule has 0 amide bonds. The fourth-order valence-corrected chi connectivity index (χ4v) is 2.83. The molecule has 0 nitrogen and oxygen atoms in total. The third-order valence-corrected chi connectivity index (χ3v) is 4.01. The second-order valence-electron chi connectivity index (χ2n) is 4.30. The van der Waals surface area contributed by atoms with Gasteiger partial charge in [-0.25, -0.2) is 0 Å². The van der Waals surface area contributed by atoms with Gasteiger partial charge in [0.25, 0.3) is 0 Å². The van der Waals surface area contributed by atoms with E-state index in [1.807, 2.05) is 0 Å². The van der Waals surface area contributed by atoms with Crippen molar-refractivity contribution in [2.75, 3.05) is 5.33 Å². The fourth-order valence-electron chi connectivity index (χ4n) is 2.38. The summed E-state index contributed by atoms with van der Waals surface area (Å²) in [7, 11) is 0. The molecule has 0 unspecified atom stereocenters. The smallest absolute Gasteiger partial charge is 0.0241 e. The molecule has 0 N–H and O–H groups in total. The standard InChI is InChI=1S/C12H21Br/c1-3-4-11-5-7-12(8-6-11)10(2)9-13/h11-12H,2-9H2,1H3. The van der Waals surface area contributed by atoms with Gasteiger partial charge in [0.05, 0.1) is 0 Å². The first kappa shape index (κ1) is 11.3. The van der Waals surface area contributed by atoms with Gasteiger partial charge in [0.2, 0.25) is 0 Å². The van der Waals surface area contributed by atoms with Gasteiger partial charge in [-0.3, -0.25) is 0 Å². The van der Waals surface area contributed by atoms with Crippen LogP contribution in [0.4, 0.5) is 0 Å². The Kier molecular flexibility index (Phi) is 5.08. The summed E-state index contributed by atoms with van der Waals surface area (Å²) >= 11 is 3.50. The number of hydrogen-bond donors (Lipinski definition) is 0. The van der Waals surface area contributed by atoms with Crippen LogP contribution < -0.4 is 0 Å². The normalized spacial score (nSPS) is 28.8. The van der Waals surface area contributed by atoms with Crippen LogP contribution in [0, 0.1) is 11.8 Å². The molecular formula is C12H21Br. The molecule has 0 radical (unpaired) electrons. The summed E-state index contributed by atoms with van der Waals surface area (Å²) in [4.78, 5) is 0. The highest BCUT2D eigenvalue weighted by Gasteiger charge is 2.21. The van der Waals surface area contributed by atoms with Crippen molar-refractivity contribution in [3.05, 3.63) is 12.2 Å². The van der Waals surface area contributed by atoms with Crippen molar-refractivity contribution in [1.82, 2.24) is 0 Å². The van der Waals surface area contributed by atoms with Gasteiger partial charge in [-0.05, 0) is 37.5 Å². The molecule has 1 aliphatic rings. The maximum atomic E-state index is 4.12. The average Bonchev–Trinajstić information content (AvgIpc) is 2.18. The maximum Gasteiger partial charge on any atom is 0.0241 e. The number of allylic oxidation sites excluding steroid dienone is 1. The van der Waals surface area contributed by atoms with Gasteiger partial charge in [-0.1, -0.05) is 47.8 Å². The van der Waals surface area contributed by atoms with Gasteiger partial charge >= 0.3 is 0 Å². The Morgan fingerprint density at radius 2 is 1.92 bits per heavy atom. The summed E-state index contributed by atoms with van der Waals surface area (Å²) < 4.78 is 0. The third kappa shape index (κ3) is 3.46. The Bertz CT molecular complexity index is 155. The average molecular weight is 245 g/mol. The van der Waals surface area contributed by atoms with E-state index in [0.717, 1.165) is 17.2 Å². The van der Waals surface area contributed by atoms with E-state index in [4.69, 9.17) is 0 Å². The molecule has 0 saturated heterocycles. The van der Waals surface area contributed by atoms with Gasteiger partial charge in [-0.2, -0.15) is 0 Å². The van der Waals surface area contributed by atoms with Crippen molar-refractivity contribution in [1.29, 1.82) is 0 Å². The van der Waals surface area contributed by atoms with E-state index in [1.165, 1.54) is 44.1 Å². The summed E-state index contributed by atoms with van der Waals surface area (Å²) in [5.74, 6) is 1.83. The SMILES string of the molecule is C=C(CBr)C1CCC(CCC)CC1. The zero-order valence-corrected chi connectivity index (χ0v) is 10.3. The molecule has 0 spiro atoms. The summed E-state index contributed by atoms with van der Waals surface area (Å²) in [6.07, 6.45) is 8.43. The Hall–Kier alpha value is 0.220. The third-order valence-electron chi connectivity index (χ3n) is 3.29. The summed E-state index contributed by atoms with van der Waals surface area (Å²) in [6, 6.07) is 0. The van der Waals surface area contributed by atoms with Crippen molar-refractivity contribution < 1.29 is 0 Å². The first-order chi connectivity index (χ1) is 6.27. The molecule has 1 aliphatic carbocycles. The summed E-state index contributed by atoms with van der Waals surface area (Å²) in [5, 5.41) is 0.996. The summed E-state index contributed by atoms with van der Waals surface area (Å²) in [5.41, 5.74) is 1.41. The first-order valence-corrected chi connectivity index (χ1v) is 6.63. The lowest BCUT2D eigenvalue weighted by molar-refractivity contribution is 0.287. The molecule has 1 fully saturated rings. The lowest BCUT2D eigenvalue weighted by Gasteiger charge is -2.29. The van der Waals surface area contributed by atoms with Crippen molar-refractivity contribution in [2.45, 2.75) is 45.4 Å². The molecule has 1 heteroatoms. The molecule has 13 heavy (non-hydrogen) atoms. The van der Waals surface area contributed by atoms with Crippen LogP contribution in [0.25, 0.3) is 0 Å². The van der Waals surface area contributed by atoms with Crippen molar-refractivity contribution in [2.24, 2.45) is 11.8 Å². The highest BCUT2D eigenvalue weighted by molar-refractivity contribution is 9.09. The van der Waals surface area contributed by atoms with Crippen LogP contribution in [-0.2, 0) is 0 Å². The molecule has 0 aromatic rings. The van der Waals surface area contributed by atoms with Crippen molar-refractivity contribution in [3.8, 4) is 0 Å². The minimum absolute atomic E-state index is 0.812. The second kappa shape index (κ2) is 5.85. The lowest BCUT2D eigenvalue weighted by atomic mass is 9.78. The molecule has 1 rings (SSSR count). The highest BCUT2D eigenvalue weighted by atomic mass is 79.9. The van der Waals surface area contributed by atoms with Gasteiger partial charge in [0.1, 0.15) is 0 Å². The Morgan fingerprint density at radius 1 is 1.31 bits per heavy atom. The van der Waals surface area contributed by atoms with Crippen LogP contribution in [0.3, 0.4) is 0 Å². The molecule has 0 bridgehead atoms. The van der Waals surface area contributed by atoms with E-state index in [0.29, 0.717) is 0 Å². The molecule has 0 heterocycles. The molecule has 76 valence electrons.